The van der Waals surface area contributed by atoms with Crippen LogP contribution in [0.15, 0.2) is 6.33 Å². The van der Waals surface area contributed by atoms with Crippen molar-refractivity contribution in [3.63, 3.8) is 0 Å². The molecule has 1 amide bonds. The summed E-state index contributed by atoms with van der Waals surface area (Å²) in [6.45, 7) is -0.0606. The first kappa shape index (κ1) is 11.9. The Morgan fingerprint density at radius 3 is 2.76 bits per heavy atom. The van der Waals surface area contributed by atoms with Crippen LogP contribution in [0.3, 0.4) is 0 Å². The van der Waals surface area contributed by atoms with Crippen molar-refractivity contribution in [2.75, 3.05) is 12.3 Å². The van der Waals surface area contributed by atoms with E-state index >= 15 is 0 Å². The molecule has 94 valence electrons. The third-order valence-corrected chi connectivity index (χ3v) is 3.33. The number of aliphatic hydroxyl groups is 2. The largest absolute Gasteiger partial charge is 0.396 e. The molecule has 2 rings (SSSR count). The van der Waals surface area contributed by atoms with Crippen LogP contribution in [0.4, 0.5) is 5.82 Å². The Balaban J connectivity index is 2.22. The van der Waals surface area contributed by atoms with Gasteiger partial charge < -0.3 is 26.2 Å². The van der Waals surface area contributed by atoms with E-state index in [-0.39, 0.29) is 30.1 Å². The van der Waals surface area contributed by atoms with Gasteiger partial charge in [-0.1, -0.05) is 0 Å². The van der Waals surface area contributed by atoms with Crippen molar-refractivity contribution in [3.8, 4) is 0 Å². The van der Waals surface area contributed by atoms with Gasteiger partial charge in [-0.05, 0) is 12.8 Å². The molecule has 7 nitrogen and oxygen atoms in total. The standard InChI is InChI=1S/C10H16N4O3/c11-9-8(10(12)17)13-4-14(9)6-1-5(3-15)7(16)2-6/h4-7,15-16H,1-3,11H2,(H2,12,17). The lowest BCUT2D eigenvalue weighted by atomic mass is 10.1. The fourth-order valence-electron chi connectivity index (χ4n) is 2.35. The number of carbonyl (C=O) groups is 1. The molecule has 1 fully saturated rings. The third kappa shape index (κ3) is 1.98. The minimum Gasteiger partial charge on any atom is -0.396 e. The number of carbonyl (C=O) groups excluding carboxylic acids is 1. The zero-order chi connectivity index (χ0) is 12.6. The molecule has 0 aliphatic heterocycles. The molecule has 3 unspecified atom stereocenters. The Labute approximate surface area is 98.0 Å². The highest BCUT2D eigenvalue weighted by molar-refractivity contribution is 5.95. The van der Waals surface area contributed by atoms with Crippen LogP contribution in [-0.4, -0.2) is 38.4 Å². The fourth-order valence-corrected chi connectivity index (χ4v) is 2.35. The van der Waals surface area contributed by atoms with Gasteiger partial charge in [0.1, 0.15) is 5.82 Å². The van der Waals surface area contributed by atoms with E-state index in [9.17, 15) is 9.90 Å². The molecule has 3 atom stereocenters. The van der Waals surface area contributed by atoms with Gasteiger partial charge in [0.05, 0.1) is 12.4 Å². The number of nitrogen functional groups attached to an aromatic ring is 1. The Hall–Kier alpha value is -1.60. The minimum atomic E-state index is -0.668. The number of hydrogen-bond acceptors (Lipinski definition) is 5. The normalized spacial score (nSPS) is 28.5. The van der Waals surface area contributed by atoms with E-state index in [1.807, 2.05) is 0 Å². The number of hydrogen-bond donors (Lipinski definition) is 4. The summed E-state index contributed by atoms with van der Waals surface area (Å²) in [6.07, 6.45) is 2.00. The predicted octanol–water partition coefficient (Wildman–Crippen LogP) is -1.13. The summed E-state index contributed by atoms with van der Waals surface area (Å²) in [6, 6.07) is -0.0530. The molecule has 6 N–H and O–H groups in total. The van der Waals surface area contributed by atoms with Gasteiger partial charge in [0.2, 0.25) is 0 Å². The van der Waals surface area contributed by atoms with Crippen LogP contribution < -0.4 is 11.5 Å². The smallest absolute Gasteiger partial charge is 0.271 e. The molecule has 1 aliphatic carbocycles. The second-order valence-electron chi connectivity index (χ2n) is 4.39. The number of nitrogens with two attached hydrogens (primary N) is 2. The monoisotopic (exact) mass is 240 g/mol. The van der Waals surface area contributed by atoms with E-state index in [2.05, 4.69) is 4.98 Å². The number of aliphatic hydroxyl groups excluding tert-OH is 2. The molecule has 17 heavy (non-hydrogen) atoms. The van der Waals surface area contributed by atoms with Crippen molar-refractivity contribution in [3.05, 3.63) is 12.0 Å². The highest BCUT2D eigenvalue weighted by atomic mass is 16.3. The number of imidazole rings is 1. The highest BCUT2D eigenvalue weighted by Gasteiger charge is 2.34. The third-order valence-electron chi connectivity index (χ3n) is 3.33. The number of rotatable bonds is 3. The Morgan fingerprint density at radius 2 is 2.29 bits per heavy atom. The summed E-state index contributed by atoms with van der Waals surface area (Å²) in [7, 11) is 0. The van der Waals surface area contributed by atoms with Gasteiger partial charge in [0.15, 0.2) is 5.69 Å². The van der Waals surface area contributed by atoms with Crippen LogP contribution in [0.2, 0.25) is 0 Å². The fraction of sp³-hybridized carbons (Fsp3) is 0.600. The summed E-state index contributed by atoms with van der Waals surface area (Å²) in [5, 5.41) is 18.8. The molecular weight excluding hydrogens is 224 g/mol. The zero-order valence-corrected chi connectivity index (χ0v) is 9.28. The molecule has 0 spiro atoms. The van der Waals surface area contributed by atoms with Gasteiger partial charge in [-0.3, -0.25) is 4.79 Å². The van der Waals surface area contributed by atoms with Crippen LogP contribution in [0.1, 0.15) is 29.4 Å². The summed E-state index contributed by atoms with van der Waals surface area (Å²) in [4.78, 5) is 14.9. The van der Waals surface area contributed by atoms with E-state index in [1.165, 1.54) is 6.33 Å². The maximum atomic E-state index is 11.0. The van der Waals surface area contributed by atoms with Gasteiger partial charge in [-0.15, -0.1) is 0 Å². The van der Waals surface area contributed by atoms with Crippen LogP contribution in [-0.2, 0) is 0 Å². The predicted molar refractivity (Wildman–Crippen MR) is 60.0 cm³/mol. The quantitative estimate of drug-likeness (QED) is 0.531. The number of primary amides is 1. The lowest BCUT2D eigenvalue weighted by molar-refractivity contribution is 0.0906. The van der Waals surface area contributed by atoms with E-state index in [1.54, 1.807) is 4.57 Å². The summed E-state index contributed by atoms with van der Waals surface area (Å²) < 4.78 is 1.64. The first-order valence-corrected chi connectivity index (χ1v) is 5.45. The maximum absolute atomic E-state index is 11.0. The summed E-state index contributed by atoms with van der Waals surface area (Å²) in [5.41, 5.74) is 10.9. The molecule has 1 aromatic heterocycles. The average molecular weight is 240 g/mol. The molecule has 1 aromatic rings. The second kappa shape index (κ2) is 4.34. The second-order valence-corrected chi connectivity index (χ2v) is 4.39. The van der Waals surface area contributed by atoms with Gasteiger partial charge >= 0.3 is 0 Å². The topological polar surface area (TPSA) is 127 Å². The van der Waals surface area contributed by atoms with Gasteiger partial charge in [0.25, 0.3) is 5.91 Å². The number of anilines is 1. The van der Waals surface area contributed by atoms with Gasteiger partial charge in [0, 0.05) is 18.6 Å². The van der Waals surface area contributed by atoms with Crippen LogP contribution in [0.25, 0.3) is 0 Å². The minimum absolute atomic E-state index is 0.0481. The molecule has 1 aliphatic rings. The molecule has 0 saturated heterocycles. The van der Waals surface area contributed by atoms with Crippen molar-refractivity contribution in [1.82, 2.24) is 9.55 Å². The number of nitrogens with zero attached hydrogens (tertiary/aromatic N) is 2. The van der Waals surface area contributed by atoms with E-state index in [4.69, 9.17) is 16.6 Å². The molecule has 0 radical (unpaired) electrons. The summed E-state index contributed by atoms with van der Waals surface area (Å²) >= 11 is 0. The molecule has 1 saturated carbocycles. The van der Waals surface area contributed by atoms with Gasteiger partial charge in [-0.2, -0.15) is 0 Å². The highest BCUT2D eigenvalue weighted by Crippen LogP contribution is 2.36. The number of amides is 1. The van der Waals surface area contributed by atoms with Crippen molar-refractivity contribution in [1.29, 1.82) is 0 Å². The lowest BCUT2D eigenvalue weighted by Gasteiger charge is -2.13. The Kier molecular flexibility index (Phi) is 3.03. The van der Waals surface area contributed by atoms with Crippen molar-refractivity contribution in [2.24, 2.45) is 11.7 Å². The van der Waals surface area contributed by atoms with E-state index in [0.717, 1.165) is 0 Å². The molecule has 0 aromatic carbocycles. The first-order valence-electron chi connectivity index (χ1n) is 5.45. The van der Waals surface area contributed by atoms with Crippen molar-refractivity contribution < 1.29 is 15.0 Å². The molecular formula is C10H16N4O3. The summed E-state index contributed by atoms with van der Waals surface area (Å²) in [5.74, 6) is -0.606. The van der Waals surface area contributed by atoms with Crippen LogP contribution in [0.5, 0.6) is 0 Å². The van der Waals surface area contributed by atoms with Crippen LogP contribution >= 0.6 is 0 Å². The Bertz CT molecular complexity index is 431. The zero-order valence-electron chi connectivity index (χ0n) is 9.28. The van der Waals surface area contributed by atoms with Crippen molar-refractivity contribution >= 4 is 11.7 Å². The first-order chi connectivity index (χ1) is 8.04. The molecule has 0 bridgehead atoms. The van der Waals surface area contributed by atoms with Gasteiger partial charge in [-0.25, -0.2) is 4.98 Å². The SMILES string of the molecule is NC(=O)c1ncn(C2CC(O)C(CO)C2)c1N. The molecule has 1 heterocycles. The van der Waals surface area contributed by atoms with E-state index in [0.29, 0.717) is 12.8 Å². The molecule has 7 heteroatoms. The maximum Gasteiger partial charge on any atom is 0.271 e. The van der Waals surface area contributed by atoms with E-state index < -0.39 is 12.0 Å². The average Bonchev–Trinajstić information content (AvgIpc) is 2.81. The lowest BCUT2D eigenvalue weighted by Crippen LogP contribution is -2.16. The van der Waals surface area contributed by atoms with Crippen LogP contribution in [0, 0.1) is 5.92 Å². The Morgan fingerprint density at radius 1 is 1.59 bits per heavy atom. The van der Waals surface area contributed by atoms with Crippen molar-refractivity contribution in [2.45, 2.75) is 25.0 Å². The number of aromatic nitrogens is 2.